The molecule has 0 radical (unpaired) electrons. The van der Waals surface area contributed by atoms with Gasteiger partial charge in [-0.25, -0.2) is 0 Å². The normalized spacial score (nSPS) is 15.0. The van der Waals surface area contributed by atoms with E-state index in [2.05, 4.69) is 5.32 Å². The van der Waals surface area contributed by atoms with Gasteiger partial charge in [-0.1, -0.05) is 0 Å². The van der Waals surface area contributed by atoms with E-state index in [1.807, 2.05) is 0 Å². The zero-order valence-electron chi connectivity index (χ0n) is 5.29. The second-order valence-corrected chi connectivity index (χ2v) is 0.863. The number of hydrogen-bond donors (Lipinski definition) is 1. The first-order chi connectivity index (χ1) is 3.48. The summed E-state index contributed by atoms with van der Waals surface area (Å²) in [5.74, 6) is -3.09. The van der Waals surface area contributed by atoms with E-state index < -0.39 is 11.7 Å². The van der Waals surface area contributed by atoms with Crippen molar-refractivity contribution in [2.75, 3.05) is 12.9 Å². The first-order valence-corrected chi connectivity index (χ1v) is 1.77. The van der Waals surface area contributed by atoms with E-state index in [1.54, 1.807) is 0 Å². The van der Waals surface area contributed by atoms with Crippen molar-refractivity contribution in [2.45, 2.75) is 0 Å². The fraction of sp³-hybridized carbons (Fsp3) is 0.667. The molecule has 0 aromatic rings. The van der Waals surface area contributed by atoms with Gasteiger partial charge in [0.15, 0.2) is 0 Å². The van der Waals surface area contributed by atoms with Gasteiger partial charge < -0.3 is 5.32 Å². The maximum atomic E-state index is 10.2. The summed E-state index contributed by atoms with van der Waals surface area (Å²) in [4.78, 5) is 10.2. The van der Waals surface area contributed by atoms with Crippen molar-refractivity contribution in [3.8, 4) is 0 Å². The SMILES string of the molecule is [2H]C([2H])(Cl)C(=O)NC. The van der Waals surface area contributed by atoms with Gasteiger partial charge in [0.2, 0.25) is 5.91 Å². The van der Waals surface area contributed by atoms with Crippen LogP contribution in [-0.4, -0.2) is 18.8 Å². The van der Waals surface area contributed by atoms with Gasteiger partial charge in [-0.3, -0.25) is 4.79 Å². The Morgan fingerprint density at radius 3 is 2.83 bits per heavy atom. The number of alkyl halides is 1. The number of rotatable bonds is 1. The standard InChI is InChI=1S/C3H6ClNO/c1-5-3(6)2-4/h2H2,1H3,(H,5,6)/i2D2. The van der Waals surface area contributed by atoms with Crippen LogP contribution in [0.25, 0.3) is 0 Å². The fourth-order valence-corrected chi connectivity index (χ4v) is 0.142. The lowest BCUT2D eigenvalue weighted by molar-refractivity contribution is -0.118. The zero-order valence-corrected chi connectivity index (χ0v) is 4.04. The van der Waals surface area contributed by atoms with Gasteiger partial charge in [0.25, 0.3) is 0 Å². The Bertz CT molecular complexity index is 99.9. The van der Waals surface area contributed by atoms with Crippen LogP contribution in [0.3, 0.4) is 0 Å². The van der Waals surface area contributed by atoms with Gasteiger partial charge in [0.05, 0.1) is 2.74 Å². The highest BCUT2D eigenvalue weighted by molar-refractivity contribution is 6.27. The maximum absolute atomic E-state index is 10.2. The summed E-state index contributed by atoms with van der Waals surface area (Å²) in [7, 11) is 1.32. The van der Waals surface area contributed by atoms with Crippen molar-refractivity contribution >= 4 is 17.5 Å². The molecule has 0 fully saturated rings. The summed E-state index contributed by atoms with van der Waals surface area (Å²) in [6.45, 7) is 0. The lowest BCUT2D eigenvalue weighted by Crippen LogP contribution is -2.18. The number of halogens is 1. The second kappa shape index (κ2) is 2.97. The Morgan fingerprint density at radius 1 is 2.33 bits per heavy atom. The predicted molar refractivity (Wildman–Crippen MR) is 24.8 cm³/mol. The lowest BCUT2D eigenvalue weighted by Gasteiger charge is -1.85. The Balaban J connectivity index is 3.82. The average Bonchev–Trinajstić information content (AvgIpc) is 1.62. The number of carbonyl (C=O) groups is 1. The number of carbonyl (C=O) groups excluding carboxylic acids is 1. The third-order valence-corrected chi connectivity index (χ3v) is 0.485. The van der Waals surface area contributed by atoms with Crippen LogP contribution in [0.2, 0.25) is 0 Å². The average molecular weight is 110 g/mol. The first-order valence-electron chi connectivity index (χ1n) is 2.39. The quantitative estimate of drug-likeness (QED) is 0.471. The molecule has 0 atom stereocenters. The largest absolute Gasteiger partial charge is 0.358 e. The minimum Gasteiger partial charge on any atom is -0.358 e. The van der Waals surface area contributed by atoms with Crippen LogP contribution in [0.4, 0.5) is 0 Å². The summed E-state index contributed by atoms with van der Waals surface area (Å²) in [5.41, 5.74) is 0. The molecule has 1 amide bonds. The highest BCUT2D eigenvalue weighted by Gasteiger charge is 1.86. The molecule has 2 nitrogen and oxygen atoms in total. The van der Waals surface area contributed by atoms with Crippen LogP contribution in [0, 0.1) is 0 Å². The molecule has 36 valence electrons. The summed E-state index contributed by atoms with van der Waals surface area (Å²) in [6.07, 6.45) is 0. The number of amides is 1. The minimum atomic E-state index is -2.27. The van der Waals surface area contributed by atoms with Crippen LogP contribution in [0.5, 0.6) is 0 Å². The maximum Gasteiger partial charge on any atom is 0.234 e. The highest BCUT2D eigenvalue weighted by atomic mass is 35.5. The molecule has 0 saturated heterocycles. The van der Waals surface area contributed by atoms with Gasteiger partial charge in [0.1, 0.15) is 5.83 Å². The molecule has 6 heavy (non-hydrogen) atoms. The molecule has 0 unspecified atom stereocenters. The summed E-state index contributed by atoms with van der Waals surface area (Å²) >= 11 is 4.91. The third-order valence-electron chi connectivity index (χ3n) is 0.313. The van der Waals surface area contributed by atoms with Crippen molar-refractivity contribution < 1.29 is 7.54 Å². The Kier molecular flexibility index (Phi) is 1.41. The topological polar surface area (TPSA) is 29.1 Å². The van der Waals surface area contributed by atoms with Crippen molar-refractivity contribution in [3.05, 3.63) is 0 Å². The van der Waals surface area contributed by atoms with Gasteiger partial charge in [-0.2, -0.15) is 0 Å². The first kappa shape index (κ1) is 2.86. The summed E-state index contributed by atoms with van der Waals surface area (Å²) in [6, 6.07) is 0. The van der Waals surface area contributed by atoms with Crippen LogP contribution in [-0.2, 0) is 4.79 Å². The molecule has 0 heterocycles. The second-order valence-electron chi connectivity index (χ2n) is 0.674. The van der Waals surface area contributed by atoms with Gasteiger partial charge in [-0.15, -0.1) is 11.6 Å². The molecule has 3 heteroatoms. The number of hydrogen-bond acceptors (Lipinski definition) is 1. The van der Waals surface area contributed by atoms with E-state index in [-0.39, 0.29) is 0 Å². The lowest BCUT2D eigenvalue weighted by atomic mass is 10.7. The minimum absolute atomic E-state index is 0.820. The molecule has 0 aliphatic carbocycles. The Hall–Kier alpha value is -0.240. The molecular weight excluding hydrogens is 101 g/mol. The van der Waals surface area contributed by atoms with E-state index in [9.17, 15) is 4.79 Å². The van der Waals surface area contributed by atoms with Crippen LogP contribution >= 0.6 is 11.6 Å². The van der Waals surface area contributed by atoms with Crippen molar-refractivity contribution in [1.82, 2.24) is 5.32 Å². The third kappa shape index (κ3) is 2.03. The molecule has 0 aliphatic heterocycles. The fourth-order valence-electron chi connectivity index (χ4n) is 0.0472. The molecule has 0 rings (SSSR count). The van der Waals surface area contributed by atoms with E-state index >= 15 is 0 Å². The summed E-state index contributed by atoms with van der Waals surface area (Å²) in [5, 5.41) is 2.06. The Labute approximate surface area is 44.3 Å². The monoisotopic (exact) mass is 109 g/mol. The number of nitrogens with one attached hydrogen (secondary N) is 1. The highest BCUT2D eigenvalue weighted by Crippen LogP contribution is 1.68. The van der Waals surface area contributed by atoms with Crippen molar-refractivity contribution in [1.29, 1.82) is 0 Å². The van der Waals surface area contributed by atoms with Crippen molar-refractivity contribution in [3.63, 3.8) is 0 Å². The Morgan fingerprint density at radius 2 is 2.83 bits per heavy atom. The molecule has 0 saturated carbocycles. The van der Waals surface area contributed by atoms with Gasteiger partial charge >= 0.3 is 0 Å². The van der Waals surface area contributed by atoms with Gasteiger partial charge in [-0.05, 0) is 0 Å². The van der Waals surface area contributed by atoms with Crippen molar-refractivity contribution in [2.24, 2.45) is 0 Å². The molecule has 0 bridgehead atoms. The molecule has 0 aliphatic rings. The van der Waals surface area contributed by atoms with E-state index in [0.717, 1.165) is 0 Å². The van der Waals surface area contributed by atoms with Crippen LogP contribution in [0.15, 0.2) is 0 Å². The van der Waals surface area contributed by atoms with E-state index in [0.29, 0.717) is 0 Å². The van der Waals surface area contributed by atoms with Crippen LogP contribution in [0.1, 0.15) is 2.74 Å². The molecule has 0 aromatic carbocycles. The van der Waals surface area contributed by atoms with Crippen LogP contribution < -0.4 is 5.32 Å². The van der Waals surface area contributed by atoms with E-state index in [4.69, 9.17) is 14.3 Å². The summed E-state index contributed by atoms with van der Waals surface area (Å²) < 4.78 is 13.1. The molecular formula is C3H6ClNO. The molecule has 0 spiro atoms. The predicted octanol–water partition coefficient (Wildman–Crippen LogP) is -0.0288. The smallest absolute Gasteiger partial charge is 0.234 e. The zero-order chi connectivity index (χ0) is 6.78. The molecule has 1 N–H and O–H groups in total. The molecule has 0 aromatic heterocycles. The van der Waals surface area contributed by atoms with E-state index in [1.165, 1.54) is 7.05 Å². The van der Waals surface area contributed by atoms with Gasteiger partial charge in [0, 0.05) is 7.05 Å².